The first kappa shape index (κ1) is 15.7. The Balaban J connectivity index is 1.90. The third kappa shape index (κ3) is 3.49. The van der Waals surface area contributed by atoms with Crippen molar-refractivity contribution in [1.82, 2.24) is 19.2 Å². The zero-order chi connectivity index (χ0) is 14.6. The van der Waals surface area contributed by atoms with Crippen molar-refractivity contribution in [3.8, 4) is 0 Å². The number of piperazine rings is 1. The Hall–Kier alpha value is -0.700. The van der Waals surface area contributed by atoms with Crippen LogP contribution in [0.25, 0.3) is 0 Å². The molecule has 2 rings (SSSR count). The first-order valence-electron chi connectivity index (χ1n) is 7.29. The van der Waals surface area contributed by atoms with Crippen molar-refractivity contribution in [1.29, 1.82) is 0 Å². The molecule has 0 bridgehead atoms. The van der Waals surface area contributed by atoms with Gasteiger partial charge in [-0.3, -0.25) is 4.79 Å². The van der Waals surface area contributed by atoms with Gasteiger partial charge in [-0.05, 0) is 19.8 Å². The minimum atomic E-state index is -3.35. The molecule has 1 amide bonds. The van der Waals surface area contributed by atoms with Gasteiger partial charge in [-0.25, -0.2) is 0 Å². The summed E-state index contributed by atoms with van der Waals surface area (Å²) in [6.07, 6.45) is 1.22. The van der Waals surface area contributed by atoms with E-state index in [4.69, 9.17) is 0 Å². The van der Waals surface area contributed by atoms with Gasteiger partial charge in [0.15, 0.2) is 0 Å². The van der Waals surface area contributed by atoms with Gasteiger partial charge in [-0.1, -0.05) is 0 Å². The summed E-state index contributed by atoms with van der Waals surface area (Å²) < 4.78 is 28.0. The van der Waals surface area contributed by atoms with Gasteiger partial charge in [0.05, 0.1) is 0 Å². The van der Waals surface area contributed by atoms with E-state index in [1.54, 1.807) is 0 Å². The summed E-state index contributed by atoms with van der Waals surface area (Å²) >= 11 is 0. The lowest BCUT2D eigenvalue weighted by Gasteiger charge is -2.35. The number of carbonyl (C=O) groups excluding carboxylic acids is 1. The highest BCUT2D eigenvalue weighted by molar-refractivity contribution is 7.86. The Morgan fingerprint density at radius 1 is 1.15 bits per heavy atom. The maximum absolute atomic E-state index is 12.5. The van der Waals surface area contributed by atoms with Crippen molar-refractivity contribution in [3.63, 3.8) is 0 Å². The normalized spacial score (nSPS) is 23.6. The molecular weight excluding hydrogens is 280 g/mol. The van der Waals surface area contributed by atoms with Crippen LogP contribution in [-0.4, -0.2) is 68.7 Å². The molecule has 20 heavy (non-hydrogen) atoms. The SMILES string of the molecule is CCNC(=O)C1CCN(S(=O)(=O)N2CCNCC2)CC1. The van der Waals surface area contributed by atoms with Gasteiger partial charge in [0.2, 0.25) is 5.91 Å². The number of nitrogens with one attached hydrogen (secondary N) is 2. The van der Waals surface area contributed by atoms with Crippen LogP contribution >= 0.6 is 0 Å². The van der Waals surface area contributed by atoms with E-state index in [0.717, 1.165) is 0 Å². The topological polar surface area (TPSA) is 81.8 Å². The van der Waals surface area contributed by atoms with E-state index >= 15 is 0 Å². The lowest BCUT2D eigenvalue weighted by Crippen LogP contribution is -2.53. The lowest BCUT2D eigenvalue weighted by molar-refractivity contribution is -0.126. The molecular formula is C12H24N4O3S. The van der Waals surface area contributed by atoms with E-state index in [1.165, 1.54) is 8.61 Å². The first-order valence-corrected chi connectivity index (χ1v) is 8.69. The van der Waals surface area contributed by atoms with E-state index in [2.05, 4.69) is 10.6 Å². The Morgan fingerprint density at radius 2 is 1.70 bits per heavy atom. The molecule has 116 valence electrons. The molecule has 0 aromatic heterocycles. The van der Waals surface area contributed by atoms with Crippen LogP contribution in [0.15, 0.2) is 0 Å². The molecule has 0 aromatic rings. The molecule has 2 heterocycles. The van der Waals surface area contributed by atoms with Gasteiger partial charge in [-0.15, -0.1) is 0 Å². The monoisotopic (exact) mass is 304 g/mol. The van der Waals surface area contributed by atoms with Crippen LogP contribution in [0.4, 0.5) is 0 Å². The Morgan fingerprint density at radius 3 is 2.25 bits per heavy atom. The van der Waals surface area contributed by atoms with Gasteiger partial charge in [0, 0.05) is 51.7 Å². The van der Waals surface area contributed by atoms with Gasteiger partial charge in [0.1, 0.15) is 0 Å². The number of piperidine rings is 1. The molecule has 0 spiro atoms. The highest BCUT2D eigenvalue weighted by Gasteiger charge is 2.34. The summed E-state index contributed by atoms with van der Waals surface area (Å²) in [5, 5.41) is 5.95. The molecule has 0 unspecified atom stereocenters. The van der Waals surface area contributed by atoms with Crippen molar-refractivity contribution >= 4 is 16.1 Å². The highest BCUT2D eigenvalue weighted by atomic mass is 32.2. The van der Waals surface area contributed by atoms with Gasteiger partial charge < -0.3 is 10.6 Å². The summed E-state index contributed by atoms with van der Waals surface area (Å²) in [5.41, 5.74) is 0. The fourth-order valence-corrected chi connectivity index (χ4v) is 4.35. The molecule has 0 saturated carbocycles. The van der Waals surface area contributed by atoms with Crippen LogP contribution in [0, 0.1) is 5.92 Å². The molecule has 2 aliphatic heterocycles. The van der Waals surface area contributed by atoms with E-state index < -0.39 is 10.2 Å². The zero-order valence-corrected chi connectivity index (χ0v) is 12.8. The molecule has 0 atom stereocenters. The average Bonchev–Trinajstić information content (AvgIpc) is 2.48. The molecule has 0 radical (unpaired) electrons. The zero-order valence-electron chi connectivity index (χ0n) is 12.0. The average molecular weight is 304 g/mol. The fourth-order valence-electron chi connectivity index (χ4n) is 2.71. The second-order valence-electron chi connectivity index (χ2n) is 5.22. The quantitative estimate of drug-likeness (QED) is 0.697. The standard InChI is InChI=1S/C12H24N4O3S/c1-2-14-12(17)11-3-7-15(8-4-11)20(18,19)16-9-5-13-6-10-16/h11,13H,2-10H2,1H3,(H,14,17). The number of hydrogen-bond donors (Lipinski definition) is 2. The van der Waals surface area contributed by atoms with Crippen LogP contribution in [0.2, 0.25) is 0 Å². The lowest BCUT2D eigenvalue weighted by atomic mass is 9.97. The second kappa shape index (κ2) is 6.84. The van der Waals surface area contributed by atoms with Crippen LogP contribution < -0.4 is 10.6 Å². The van der Waals surface area contributed by atoms with Crippen molar-refractivity contribution in [2.75, 3.05) is 45.8 Å². The molecule has 7 nitrogen and oxygen atoms in total. The molecule has 2 fully saturated rings. The predicted molar refractivity (Wildman–Crippen MR) is 76.3 cm³/mol. The summed E-state index contributed by atoms with van der Waals surface area (Å²) in [6, 6.07) is 0. The molecule has 2 saturated heterocycles. The summed E-state index contributed by atoms with van der Waals surface area (Å²) in [5.74, 6) is -0.00357. The minimum Gasteiger partial charge on any atom is -0.356 e. The smallest absolute Gasteiger partial charge is 0.282 e. The number of carbonyl (C=O) groups is 1. The van der Waals surface area contributed by atoms with Gasteiger partial charge >= 0.3 is 0 Å². The fraction of sp³-hybridized carbons (Fsp3) is 0.917. The van der Waals surface area contributed by atoms with Crippen molar-refractivity contribution in [3.05, 3.63) is 0 Å². The van der Waals surface area contributed by atoms with E-state index in [0.29, 0.717) is 58.7 Å². The van der Waals surface area contributed by atoms with Crippen LogP contribution in [0.5, 0.6) is 0 Å². The van der Waals surface area contributed by atoms with Gasteiger partial charge in [0.25, 0.3) is 10.2 Å². The minimum absolute atomic E-state index is 0.0479. The van der Waals surface area contributed by atoms with Crippen LogP contribution in [-0.2, 0) is 15.0 Å². The molecule has 0 aliphatic carbocycles. The maximum Gasteiger partial charge on any atom is 0.282 e. The molecule has 2 aliphatic rings. The maximum atomic E-state index is 12.5. The predicted octanol–water partition coefficient (Wildman–Crippen LogP) is -1.02. The van der Waals surface area contributed by atoms with Crippen LogP contribution in [0.3, 0.4) is 0 Å². The van der Waals surface area contributed by atoms with E-state index in [1.807, 2.05) is 6.92 Å². The number of nitrogens with zero attached hydrogens (tertiary/aromatic N) is 2. The van der Waals surface area contributed by atoms with Gasteiger partial charge in [-0.2, -0.15) is 17.0 Å². The number of hydrogen-bond acceptors (Lipinski definition) is 4. The molecule has 8 heteroatoms. The molecule has 2 N–H and O–H groups in total. The van der Waals surface area contributed by atoms with E-state index in [9.17, 15) is 13.2 Å². The Labute approximate surface area is 120 Å². The Kier molecular flexibility index (Phi) is 5.36. The Bertz CT molecular complexity index is 426. The summed E-state index contributed by atoms with van der Waals surface area (Å²) in [6.45, 7) is 5.85. The first-order chi connectivity index (χ1) is 9.55. The van der Waals surface area contributed by atoms with Crippen molar-refractivity contribution in [2.24, 2.45) is 5.92 Å². The number of amides is 1. The summed E-state index contributed by atoms with van der Waals surface area (Å²) in [4.78, 5) is 11.8. The molecule has 0 aromatic carbocycles. The van der Waals surface area contributed by atoms with Crippen LogP contribution in [0.1, 0.15) is 19.8 Å². The van der Waals surface area contributed by atoms with Crippen molar-refractivity contribution < 1.29 is 13.2 Å². The third-order valence-corrected chi connectivity index (χ3v) is 5.94. The second-order valence-corrected chi connectivity index (χ2v) is 7.15. The van der Waals surface area contributed by atoms with Crippen molar-refractivity contribution in [2.45, 2.75) is 19.8 Å². The van der Waals surface area contributed by atoms with E-state index in [-0.39, 0.29) is 11.8 Å². The third-order valence-electron chi connectivity index (χ3n) is 3.90. The largest absolute Gasteiger partial charge is 0.356 e. The highest BCUT2D eigenvalue weighted by Crippen LogP contribution is 2.21. The number of rotatable bonds is 4. The summed E-state index contributed by atoms with van der Waals surface area (Å²) in [7, 11) is -3.35.